The molecule has 0 aromatic heterocycles. The van der Waals surface area contributed by atoms with Crippen molar-refractivity contribution in [1.82, 2.24) is 0 Å². The molecule has 124 valence electrons. The molecule has 6 atom stereocenters. The number of fused-ring (bicyclic) bond motifs is 5. The third-order valence-electron chi connectivity index (χ3n) is 7.61. The molecule has 0 spiro atoms. The van der Waals surface area contributed by atoms with Crippen LogP contribution in [-0.4, -0.2) is 7.11 Å². The van der Waals surface area contributed by atoms with Gasteiger partial charge >= 0.3 is 0 Å². The summed E-state index contributed by atoms with van der Waals surface area (Å²) in [5.41, 5.74) is 5.07. The Balaban J connectivity index is 1.75. The third-order valence-corrected chi connectivity index (χ3v) is 7.61. The number of allylic oxidation sites excluding steroid dienone is 1. The number of ether oxygens (including phenoxy) is 1. The van der Waals surface area contributed by atoms with Gasteiger partial charge in [-0.05, 0) is 83.9 Å². The van der Waals surface area contributed by atoms with Gasteiger partial charge in [0.15, 0.2) is 0 Å². The van der Waals surface area contributed by atoms with Gasteiger partial charge in [-0.25, -0.2) is 0 Å². The summed E-state index contributed by atoms with van der Waals surface area (Å²) in [5.74, 6) is 4.88. The van der Waals surface area contributed by atoms with Crippen LogP contribution in [0.2, 0.25) is 0 Å². The zero-order valence-corrected chi connectivity index (χ0v) is 15.1. The van der Waals surface area contributed by atoms with E-state index in [0.717, 1.165) is 29.4 Å². The average Bonchev–Trinajstić information content (AvgIpc) is 2.77. The normalized spacial score (nSPS) is 41.9. The van der Waals surface area contributed by atoms with E-state index in [1.165, 1.54) is 36.8 Å². The van der Waals surface area contributed by atoms with Crippen LogP contribution in [0, 0.1) is 29.1 Å². The first-order chi connectivity index (χ1) is 11.0. The first-order valence-electron chi connectivity index (χ1n) is 9.31. The molecule has 0 radical (unpaired) electrons. The van der Waals surface area contributed by atoms with Gasteiger partial charge in [-0.3, -0.25) is 0 Å². The van der Waals surface area contributed by atoms with E-state index in [2.05, 4.69) is 45.5 Å². The molecule has 2 saturated carbocycles. The molecule has 3 aliphatic carbocycles. The minimum Gasteiger partial charge on any atom is -0.497 e. The van der Waals surface area contributed by atoms with Crippen molar-refractivity contribution in [3.63, 3.8) is 0 Å². The molecular formula is C22H30O. The predicted molar refractivity (Wildman–Crippen MR) is 95.8 cm³/mol. The van der Waals surface area contributed by atoms with Crippen LogP contribution in [-0.2, 0) is 6.42 Å². The van der Waals surface area contributed by atoms with Crippen LogP contribution in [0.15, 0.2) is 30.4 Å². The van der Waals surface area contributed by atoms with Gasteiger partial charge in [0.25, 0.3) is 0 Å². The summed E-state index contributed by atoms with van der Waals surface area (Å²) in [6, 6.07) is 6.80. The second-order valence-electron chi connectivity index (χ2n) is 8.65. The Bertz CT molecular complexity index is 645. The van der Waals surface area contributed by atoms with E-state index in [4.69, 9.17) is 4.74 Å². The Morgan fingerprint density at radius 2 is 2.04 bits per heavy atom. The number of methoxy groups -OCH3 is 1. The van der Waals surface area contributed by atoms with E-state index in [1.54, 1.807) is 12.7 Å². The summed E-state index contributed by atoms with van der Waals surface area (Å²) >= 11 is 0. The van der Waals surface area contributed by atoms with Crippen LogP contribution in [0.25, 0.3) is 0 Å². The van der Waals surface area contributed by atoms with Crippen LogP contribution in [0.5, 0.6) is 5.75 Å². The lowest BCUT2D eigenvalue weighted by molar-refractivity contribution is 0.0486. The van der Waals surface area contributed by atoms with E-state index in [0.29, 0.717) is 11.3 Å². The molecule has 4 rings (SSSR count). The Hall–Kier alpha value is -1.24. The second kappa shape index (κ2) is 5.13. The Kier molecular flexibility index (Phi) is 3.41. The maximum absolute atomic E-state index is 5.45. The summed E-state index contributed by atoms with van der Waals surface area (Å²) in [4.78, 5) is 0. The second-order valence-corrected chi connectivity index (χ2v) is 8.65. The summed E-state index contributed by atoms with van der Waals surface area (Å²) < 4.78 is 5.45. The maximum Gasteiger partial charge on any atom is 0.119 e. The van der Waals surface area contributed by atoms with E-state index in [9.17, 15) is 0 Å². The van der Waals surface area contributed by atoms with Crippen molar-refractivity contribution < 1.29 is 4.74 Å². The van der Waals surface area contributed by atoms with Crippen molar-refractivity contribution in [3.05, 3.63) is 41.5 Å². The summed E-state index contributed by atoms with van der Waals surface area (Å²) in [5, 5.41) is 0. The van der Waals surface area contributed by atoms with E-state index in [1.807, 2.05) is 0 Å². The van der Waals surface area contributed by atoms with Gasteiger partial charge in [0.05, 0.1) is 7.11 Å². The van der Waals surface area contributed by atoms with Crippen molar-refractivity contribution in [1.29, 1.82) is 0 Å². The number of benzene rings is 1. The molecule has 2 fully saturated rings. The largest absolute Gasteiger partial charge is 0.497 e. The van der Waals surface area contributed by atoms with Gasteiger partial charge in [0.1, 0.15) is 5.75 Å². The van der Waals surface area contributed by atoms with Crippen molar-refractivity contribution >= 4 is 0 Å². The van der Waals surface area contributed by atoms with Crippen LogP contribution in [0.1, 0.15) is 57.1 Å². The quantitative estimate of drug-likeness (QED) is 0.613. The average molecular weight is 310 g/mol. The van der Waals surface area contributed by atoms with Gasteiger partial charge in [-0.1, -0.05) is 39.0 Å². The van der Waals surface area contributed by atoms with E-state index in [-0.39, 0.29) is 0 Å². The first-order valence-corrected chi connectivity index (χ1v) is 9.31. The highest BCUT2D eigenvalue weighted by Crippen LogP contribution is 2.64. The molecule has 1 unspecified atom stereocenters. The zero-order chi connectivity index (χ0) is 16.4. The van der Waals surface area contributed by atoms with Gasteiger partial charge < -0.3 is 4.74 Å². The zero-order valence-electron chi connectivity index (χ0n) is 15.1. The molecule has 0 saturated heterocycles. The van der Waals surface area contributed by atoms with Crippen molar-refractivity contribution in [3.8, 4) is 5.75 Å². The Morgan fingerprint density at radius 1 is 1.26 bits per heavy atom. The molecule has 1 aromatic rings. The standard InChI is InChI=1S/C22H30O/c1-13-11-20-21-14(2)10-16-12-17(23-5)6-7-18(16)19(21)8-9-22(20,4)15(13)3/h6-7,12-14,19-21H,3,8-11H2,1-2,4-5H3/t13?,14-,19-,20+,21-,22-/m1/s1. The first kappa shape index (κ1) is 15.3. The molecule has 0 aliphatic heterocycles. The fourth-order valence-corrected chi connectivity index (χ4v) is 6.33. The van der Waals surface area contributed by atoms with Crippen LogP contribution >= 0.6 is 0 Å². The topological polar surface area (TPSA) is 9.23 Å². The molecule has 0 bridgehead atoms. The van der Waals surface area contributed by atoms with Gasteiger partial charge in [-0.15, -0.1) is 0 Å². The molecule has 23 heavy (non-hydrogen) atoms. The molecule has 1 aromatic carbocycles. The van der Waals surface area contributed by atoms with Crippen molar-refractivity contribution in [2.75, 3.05) is 7.11 Å². The third kappa shape index (κ3) is 2.05. The summed E-state index contributed by atoms with van der Waals surface area (Å²) in [7, 11) is 1.77. The summed E-state index contributed by atoms with van der Waals surface area (Å²) in [6.07, 6.45) is 5.21. The number of hydrogen-bond donors (Lipinski definition) is 0. The summed E-state index contributed by atoms with van der Waals surface area (Å²) in [6.45, 7) is 11.9. The minimum absolute atomic E-state index is 0.388. The van der Waals surface area contributed by atoms with Crippen molar-refractivity contribution in [2.45, 2.75) is 52.4 Å². The lowest BCUT2D eigenvalue weighted by Gasteiger charge is -2.52. The predicted octanol–water partition coefficient (Wildman–Crippen LogP) is 5.60. The van der Waals surface area contributed by atoms with Crippen molar-refractivity contribution in [2.24, 2.45) is 29.1 Å². The van der Waals surface area contributed by atoms with Gasteiger partial charge in [0, 0.05) is 0 Å². The molecule has 1 nitrogen and oxygen atoms in total. The van der Waals surface area contributed by atoms with E-state index >= 15 is 0 Å². The lowest BCUT2D eigenvalue weighted by atomic mass is 9.52. The maximum atomic E-state index is 5.45. The molecule has 0 amide bonds. The molecule has 0 N–H and O–H groups in total. The Morgan fingerprint density at radius 3 is 2.78 bits per heavy atom. The van der Waals surface area contributed by atoms with Crippen LogP contribution < -0.4 is 4.74 Å². The van der Waals surface area contributed by atoms with Gasteiger partial charge in [-0.2, -0.15) is 0 Å². The highest BCUT2D eigenvalue weighted by atomic mass is 16.5. The lowest BCUT2D eigenvalue weighted by Crippen LogP contribution is -2.43. The highest BCUT2D eigenvalue weighted by molar-refractivity contribution is 5.42. The molecule has 3 aliphatic rings. The highest BCUT2D eigenvalue weighted by Gasteiger charge is 2.55. The molecule has 0 heterocycles. The van der Waals surface area contributed by atoms with Gasteiger partial charge in [0.2, 0.25) is 0 Å². The van der Waals surface area contributed by atoms with Crippen LogP contribution in [0.3, 0.4) is 0 Å². The van der Waals surface area contributed by atoms with Crippen LogP contribution in [0.4, 0.5) is 0 Å². The van der Waals surface area contributed by atoms with E-state index < -0.39 is 0 Å². The number of hydrogen-bond acceptors (Lipinski definition) is 1. The fraction of sp³-hybridized carbons (Fsp3) is 0.636. The fourth-order valence-electron chi connectivity index (χ4n) is 6.33. The molecule has 1 heteroatoms. The SMILES string of the molecule is C=C1C(C)C[C@H]2[C@@H]3[C@H](C)Cc4cc(OC)ccc4[C@H]3CC[C@]12C. The monoisotopic (exact) mass is 310 g/mol. The Labute approximate surface area is 141 Å². The smallest absolute Gasteiger partial charge is 0.119 e. The molecular weight excluding hydrogens is 280 g/mol. The number of rotatable bonds is 1. The minimum atomic E-state index is 0.388.